The standard InChI is InChI=1S/C16H28FN3/c1-12(2)8-9-20(5)11-13(3)16(18-4)15-7-6-14(17)10-19-15/h6-7,10,12-13,16,18H,8-9,11H2,1-5H3. The Morgan fingerprint density at radius 3 is 2.50 bits per heavy atom. The van der Waals surface area contributed by atoms with E-state index in [0.717, 1.165) is 24.7 Å². The lowest BCUT2D eigenvalue weighted by molar-refractivity contribution is 0.239. The van der Waals surface area contributed by atoms with E-state index in [2.05, 4.69) is 43.0 Å². The van der Waals surface area contributed by atoms with Gasteiger partial charge in [0.25, 0.3) is 0 Å². The van der Waals surface area contributed by atoms with Crippen molar-refractivity contribution in [3.8, 4) is 0 Å². The molecule has 1 rings (SSSR count). The maximum absolute atomic E-state index is 13.0. The van der Waals surface area contributed by atoms with Crippen LogP contribution in [0.5, 0.6) is 0 Å². The molecule has 0 saturated heterocycles. The molecule has 0 aliphatic carbocycles. The van der Waals surface area contributed by atoms with Gasteiger partial charge < -0.3 is 10.2 Å². The Morgan fingerprint density at radius 2 is 2.00 bits per heavy atom. The van der Waals surface area contributed by atoms with Gasteiger partial charge in [0.2, 0.25) is 0 Å². The van der Waals surface area contributed by atoms with Crippen LogP contribution in [0.2, 0.25) is 0 Å². The summed E-state index contributed by atoms with van der Waals surface area (Å²) in [5.74, 6) is 0.854. The van der Waals surface area contributed by atoms with Crippen molar-refractivity contribution in [1.29, 1.82) is 0 Å². The highest BCUT2D eigenvalue weighted by molar-refractivity contribution is 5.10. The van der Waals surface area contributed by atoms with Crippen LogP contribution in [0.3, 0.4) is 0 Å². The summed E-state index contributed by atoms with van der Waals surface area (Å²) in [5, 5.41) is 3.30. The van der Waals surface area contributed by atoms with Crippen molar-refractivity contribution in [3.63, 3.8) is 0 Å². The molecule has 2 unspecified atom stereocenters. The van der Waals surface area contributed by atoms with Crippen LogP contribution < -0.4 is 5.32 Å². The van der Waals surface area contributed by atoms with Gasteiger partial charge in [0.05, 0.1) is 17.9 Å². The molecule has 0 saturated carbocycles. The molecule has 0 aliphatic heterocycles. The first kappa shape index (κ1) is 17.1. The molecule has 0 amide bonds. The number of nitrogens with one attached hydrogen (secondary N) is 1. The molecule has 0 radical (unpaired) electrons. The molecule has 0 bridgehead atoms. The normalized spacial score (nSPS) is 14.8. The van der Waals surface area contributed by atoms with Gasteiger partial charge in [-0.2, -0.15) is 0 Å². The Kier molecular flexibility index (Phi) is 7.10. The maximum Gasteiger partial charge on any atom is 0.141 e. The van der Waals surface area contributed by atoms with Crippen molar-refractivity contribution in [1.82, 2.24) is 15.2 Å². The lowest BCUT2D eigenvalue weighted by Gasteiger charge is -2.28. The Balaban J connectivity index is 2.58. The monoisotopic (exact) mass is 281 g/mol. The van der Waals surface area contributed by atoms with E-state index in [9.17, 15) is 4.39 Å². The smallest absolute Gasteiger partial charge is 0.141 e. The van der Waals surface area contributed by atoms with Crippen molar-refractivity contribution in [3.05, 3.63) is 29.8 Å². The van der Waals surface area contributed by atoms with Crippen LogP contribution in [-0.2, 0) is 0 Å². The van der Waals surface area contributed by atoms with Crippen molar-refractivity contribution in [2.24, 2.45) is 11.8 Å². The minimum atomic E-state index is -0.287. The fourth-order valence-corrected chi connectivity index (χ4v) is 2.46. The molecule has 1 aromatic rings. The number of hydrogen-bond acceptors (Lipinski definition) is 3. The zero-order valence-electron chi connectivity index (χ0n) is 13.4. The largest absolute Gasteiger partial charge is 0.311 e. The zero-order chi connectivity index (χ0) is 15.1. The van der Waals surface area contributed by atoms with E-state index in [1.54, 1.807) is 6.07 Å². The lowest BCUT2D eigenvalue weighted by atomic mass is 9.97. The molecule has 1 aromatic heterocycles. The van der Waals surface area contributed by atoms with Gasteiger partial charge in [-0.1, -0.05) is 20.8 Å². The van der Waals surface area contributed by atoms with Crippen LogP contribution in [0.1, 0.15) is 38.9 Å². The second-order valence-electron chi connectivity index (χ2n) is 6.09. The fourth-order valence-electron chi connectivity index (χ4n) is 2.46. The van der Waals surface area contributed by atoms with Gasteiger partial charge in [-0.3, -0.25) is 4.98 Å². The molecule has 2 atom stereocenters. The molecule has 20 heavy (non-hydrogen) atoms. The number of hydrogen-bond donors (Lipinski definition) is 1. The van der Waals surface area contributed by atoms with Gasteiger partial charge in [0.1, 0.15) is 5.82 Å². The van der Waals surface area contributed by atoms with Crippen LogP contribution in [0, 0.1) is 17.7 Å². The first-order valence-corrected chi connectivity index (χ1v) is 7.41. The Hall–Kier alpha value is -1.00. The highest BCUT2D eigenvalue weighted by Gasteiger charge is 2.20. The van der Waals surface area contributed by atoms with E-state index in [-0.39, 0.29) is 11.9 Å². The van der Waals surface area contributed by atoms with E-state index >= 15 is 0 Å². The van der Waals surface area contributed by atoms with Crippen molar-refractivity contribution >= 4 is 0 Å². The number of nitrogens with zero attached hydrogens (tertiary/aromatic N) is 2. The summed E-state index contributed by atoms with van der Waals surface area (Å²) in [4.78, 5) is 6.56. The van der Waals surface area contributed by atoms with E-state index in [0.29, 0.717) is 5.92 Å². The summed E-state index contributed by atoms with van der Waals surface area (Å²) < 4.78 is 13.0. The number of pyridine rings is 1. The molecule has 4 heteroatoms. The topological polar surface area (TPSA) is 28.2 Å². The third-order valence-corrected chi connectivity index (χ3v) is 3.64. The second-order valence-corrected chi connectivity index (χ2v) is 6.09. The molecule has 1 heterocycles. The zero-order valence-corrected chi connectivity index (χ0v) is 13.4. The molecule has 0 aliphatic rings. The molecule has 0 spiro atoms. The molecule has 3 nitrogen and oxygen atoms in total. The highest BCUT2D eigenvalue weighted by Crippen LogP contribution is 2.20. The van der Waals surface area contributed by atoms with Gasteiger partial charge in [-0.15, -0.1) is 0 Å². The average Bonchev–Trinajstić information content (AvgIpc) is 2.39. The minimum Gasteiger partial charge on any atom is -0.311 e. The molecule has 0 fully saturated rings. The maximum atomic E-state index is 13.0. The second kappa shape index (κ2) is 8.32. The van der Waals surface area contributed by atoms with Crippen molar-refractivity contribution in [2.75, 3.05) is 27.2 Å². The molecule has 114 valence electrons. The van der Waals surface area contributed by atoms with Crippen LogP contribution >= 0.6 is 0 Å². The van der Waals surface area contributed by atoms with Crippen LogP contribution in [0.15, 0.2) is 18.3 Å². The number of rotatable bonds is 8. The first-order valence-electron chi connectivity index (χ1n) is 7.41. The third-order valence-electron chi connectivity index (χ3n) is 3.64. The molecule has 1 N–H and O–H groups in total. The third kappa shape index (κ3) is 5.55. The summed E-state index contributed by atoms with van der Waals surface area (Å²) in [5.41, 5.74) is 0.902. The summed E-state index contributed by atoms with van der Waals surface area (Å²) in [7, 11) is 4.09. The fraction of sp³-hybridized carbons (Fsp3) is 0.688. The summed E-state index contributed by atoms with van der Waals surface area (Å²) in [6, 6.07) is 3.39. The molecule has 0 aromatic carbocycles. The van der Waals surface area contributed by atoms with Gasteiger partial charge in [0, 0.05) is 6.54 Å². The molecular weight excluding hydrogens is 253 g/mol. The SMILES string of the molecule is CNC(c1ccc(F)cn1)C(C)CN(C)CCC(C)C. The van der Waals surface area contributed by atoms with Gasteiger partial charge in [0.15, 0.2) is 0 Å². The number of aromatic nitrogens is 1. The Morgan fingerprint density at radius 1 is 1.30 bits per heavy atom. The van der Waals surface area contributed by atoms with E-state index < -0.39 is 0 Å². The highest BCUT2D eigenvalue weighted by atomic mass is 19.1. The van der Waals surface area contributed by atoms with Crippen LogP contribution in [-0.4, -0.2) is 37.1 Å². The average molecular weight is 281 g/mol. The van der Waals surface area contributed by atoms with Crippen LogP contribution in [0.4, 0.5) is 4.39 Å². The van der Waals surface area contributed by atoms with E-state index in [1.165, 1.54) is 18.7 Å². The van der Waals surface area contributed by atoms with E-state index in [4.69, 9.17) is 0 Å². The Labute approximate surface area is 122 Å². The lowest BCUT2D eigenvalue weighted by Crippen LogP contribution is -2.34. The van der Waals surface area contributed by atoms with Crippen molar-refractivity contribution < 1.29 is 4.39 Å². The van der Waals surface area contributed by atoms with Crippen LogP contribution in [0.25, 0.3) is 0 Å². The first-order chi connectivity index (χ1) is 9.43. The van der Waals surface area contributed by atoms with Gasteiger partial charge in [-0.25, -0.2) is 4.39 Å². The van der Waals surface area contributed by atoms with Gasteiger partial charge in [-0.05, 0) is 51.0 Å². The Bertz CT molecular complexity index is 378. The quantitative estimate of drug-likeness (QED) is 0.793. The summed E-state index contributed by atoms with van der Waals surface area (Å²) in [6.45, 7) is 8.80. The molecular formula is C16H28FN3. The predicted octanol–water partition coefficient (Wildman–Crippen LogP) is 3.10. The van der Waals surface area contributed by atoms with E-state index in [1.807, 2.05) is 7.05 Å². The van der Waals surface area contributed by atoms with Gasteiger partial charge >= 0.3 is 0 Å². The minimum absolute atomic E-state index is 0.150. The summed E-state index contributed by atoms with van der Waals surface area (Å²) in [6.07, 6.45) is 2.50. The van der Waals surface area contributed by atoms with Crippen molar-refractivity contribution in [2.45, 2.75) is 33.2 Å². The predicted molar refractivity (Wildman–Crippen MR) is 82.1 cm³/mol. The summed E-state index contributed by atoms with van der Waals surface area (Å²) >= 11 is 0. The number of halogens is 1.